The maximum absolute atomic E-state index is 14.5. The second kappa shape index (κ2) is 6.17. The second-order valence-electron chi connectivity index (χ2n) is 5.16. The third-order valence-electron chi connectivity index (χ3n) is 3.84. The first-order chi connectivity index (χ1) is 11.6. The molecule has 3 nitrogen and oxygen atoms in total. The van der Waals surface area contributed by atoms with Crippen LogP contribution in [-0.2, 0) is 0 Å². The third kappa shape index (κ3) is 2.52. The van der Waals surface area contributed by atoms with Gasteiger partial charge in [0.2, 0.25) is 0 Å². The molecule has 0 atom stereocenters. The first-order valence-corrected chi connectivity index (χ1v) is 7.13. The van der Waals surface area contributed by atoms with Crippen molar-refractivity contribution in [2.75, 3.05) is 14.2 Å². The summed E-state index contributed by atoms with van der Waals surface area (Å²) in [6.07, 6.45) is 0. The number of ether oxygens (including phenoxy) is 2. The van der Waals surface area contributed by atoms with Gasteiger partial charge in [-0.2, -0.15) is 5.26 Å². The molecule has 3 aromatic carbocycles. The Labute approximate surface area is 137 Å². The summed E-state index contributed by atoms with van der Waals surface area (Å²) < 4.78 is 38.3. The number of benzene rings is 3. The van der Waals surface area contributed by atoms with Crippen molar-refractivity contribution in [1.29, 1.82) is 5.26 Å². The molecule has 0 saturated carbocycles. The molecule has 120 valence electrons. The van der Waals surface area contributed by atoms with Crippen LogP contribution in [0, 0.1) is 23.0 Å². The largest absolute Gasteiger partial charge is 0.494 e. The van der Waals surface area contributed by atoms with Crippen molar-refractivity contribution in [3.8, 4) is 28.7 Å². The van der Waals surface area contributed by atoms with E-state index in [1.807, 2.05) is 6.07 Å². The number of nitriles is 1. The molecule has 0 fully saturated rings. The zero-order chi connectivity index (χ0) is 17.3. The first kappa shape index (κ1) is 15.8. The molecule has 0 heterocycles. The average molecular weight is 325 g/mol. The lowest BCUT2D eigenvalue weighted by Gasteiger charge is -2.10. The molecule has 0 N–H and O–H groups in total. The molecule has 24 heavy (non-hydrogen) atoms. The molecule has 0 aromatic heterocycles. The minimum atomic E-state index is -0.584. The minimum Gasteiger partial charge on any atom is -0.494 e. The van der Waals surface area contributed by atoms with E-state index in [-0.39, 0.29) is 22.4 Å². The Kier molecular flexibility index (Phi) is 4.05. The third-order valence-corrected chi connectivity index (χ3v) is 3.84. The van der Waals surface area contributed by atoms with Gasteiger partial charge in [-0.1, -0.05) is 12.1 Å². The van der Waals surface area contributed by atoms with E-state index in [0.717, 1.165) is 0 Å². The van der Waals surface area contributed by atoms with E-state index in [2.05, 4.69) is 0 Å². The number of halogens is 2. The summed E-state index contributed by atoms with van der Waals surface area (Å²) in [7, 11) is 2.75. The predicted octanol–water partition coefficient (Wildman–Crippen LogP) is 4.67. The van der Waals surface area contributed by atoms with Gasteiger partial charge < -0.3 is 9.47 Å². The number of hydrogen-bond donors (Lipinski definition) is 0. The molecule has 0 radical (unpaired) electrons. The summed E-state index contributed by atoms with van der Waals surface area (Å²) in [4.78, 5) is 0. The van der Waals surface area contributed by atoms with Crippen LogP contribution in [-0.4, -0.2) is 14.2 Å². The van der Waals surface area contributed by atoms with E-state index in [1.54, 1.807) is 18.2 Å². The highest BCUT2D eigenvalue weighted by Gasteiger charge is 2.14. The quantitative estimate of drug-likeness (QED) is 0.702. The number of fused-ring (bicyclic) bond motifs is 1. The van der Waals surface area contributed by atoms with Crippen molar-refractivity contribution < 1.29 is 18.3 Å². The molecule has 0 aliphatic heterocycles. The van der Waals surface area contributed by atoms with Gasteiger partial charge in [0, 0.05) is 5.39 Å². The van der Waals surface area contributed by atoms with E-state index in [1.165, 1.54) is 38.5 Å². The standard InChI is InChI=1S/C19H13F2NO2/c1-23-16-5-3-11(9-15(16)20)13-7-12-4-6-17(24-2)19(21)18(12)14(8-13)10-22/h3-9H,1-2H3. The molecule has 3 aromatic rings. The van der Waals surface area contributed by atoms with Crippen LogP contribution >= 0.6 is 0 Å². The summed E-state index contributed by atoms with van der Waals surface area (Å²) in [6, 6.07) is 12.9. The highest BCUT2D eigenvalue weighted by molar-refractivity contribution is 5.93. The maximum Gasteiger partial charge on any atom is 0.174 e. The van der Waals surface area contributed by atoms with Gasteiger partial charge in [0.25, 0.3) is 0 Å². The normalized spacial score (nSPS) is 10.5. The average Bonchev–Trinajstić information content (AvgIpc) is 2.61. The van der Waals surface area contributed by atoms with Gasteiger partial charge >= 0.3 is 0 Å². The highest BCUT2D eigenvalue weighted by atomic mass is 19.1. The monoisotopic (exact) mass is 325 g/mol. The van der Waals surface area contributed by atoms with Crippen molar-refractivity contribution in [2.24, 2.45) is 0 Å². The van der Waals surface area contributed by atoms with Crippen LogP contribution in [0.3, 0.4) is 0 Å². The zero-order valence-corrected chi connectivity index (χ0v) is 13.1. The van der Waals surface area contributed by atoms with Gasteiger partial charge in [0.05, 0.1) is 25.9 Å². The summed E-state index contributed by atoms with van der Waals surface area (Å²) >= 11 is 0. The number of rotatable bonds is 3. The zero-order valence-electron chi connectivity index (χ0n) is 13.1. The molecule has 0 spiro atoms. The SMILES string of the molecule is COc1ccc(-c2cc(C#N)c3c(F)c(OC)ccc3c2)cc1F. The Bertz CT molecular complexity index is 977. The van der Waals surface area contributed by atoms with Gasteiger partial charge in [-0.15, -0.1) is 0 Å². The van der Waals surface area contributed by atoms with Crippen LogP contribution in [0.5, 0.6) is 11.5 Å². The van der Waals surface area contributed by atoms with Crippen LogP contribution in [0.2, 0.25) is 0 Å². The minimum absolute atomic E-state index is 0.0715. The summed E-state index contributed by atoms with van der Waals surface area (Å²) in [6.45, 7) is 0. The van der Waals surface area contributed by atoms with Crippen LogP contribution in [0.15, 0.2) is 42.5 Å². The Balaban J connectivity index is 2.25. The smallest absolute Gasteiger partial charge is 0.174 e. The fourth-order valence-corrected chi connectivity index (χ4v) is 2.66. The molecule has 0 saturated heterocycles. The maximum atomic E-state index is 14.5. The van der Waals surface area contributed by atoms with Gasteiger partial charge in [0.1, 0.15) is 0 Å². The Hall–Kier alpha value is -3.13. The van der Waals surface area contributed by atoms with Gasteiger partial charge in [-0.05, 0) is 46.8 Å². The van der Waals surface area contributed by atoms with Crippen LogP contribution in [0.4, 0.5) is 8.78 Å². The van der Waals surface area contributed by atoms with Gasteiger partial charge in [-0.25, -0.2) is 8.78 Å². The van der Waals surface area contributed by atoms with Crippen LogP contribution < -0.4 is 9.47 Å². The van der Waals surface area contributed by atoms with Crippen molar-refractivity contribution in [1.82, 2.24) is 0 Å². The lowest BCUT2D eigenvalue weighted by Crippen LogP contribution is -1.93. The van der Waals surface area contributed by atoms with E-state index in [4.69, 9.17) is 9.47 Å². The van der Waals surface area contributed by atoms with E-state index in [0.29, 0.717) is 16.5 Å². The molecular formula is C19H13F2NO2. The van der Waals surface area contributed by atoms with Crippen molar-refractivity contribution in [3.05, 3.63) is 59.7 Å². The molecule has 0 unspecified atom stereocenters. The fraction of sp³-hybridized carbons (Fsp3) is 0.105. The highest BCUT2D eigenvalue weighted by Crippen LogP contribution is 2.34. The van der Waals surface area contributed by atoms with Crippen LogP contribution in [0.1, 0.15) is 5.56 Å². The van der Waals surface area contributed by atoms with Crippen LogP contribution in [0.25, 0.3) is 21.9 Å². The molecule has 0 aliphatic rings. The molecule has 0 bridgehead atoms. The number of hydrogen-bond acceptors (Lipinski definition) is 3. The molecule has 0 amide bonds. The number of methoxy groups -OCH3 is 2. The van der Waals surface area contributed by atoms with E-state index < -0.39 is 11.6 Å². The predicted molar refractivity (Wildman–Crippen MR) is 87.1 cm³/mol. The summed E-state index contributed by atoms with van der Waals surface area (Å²) in [5.74, 6) is -0.883. The lowest BCUT2D eigenvalue weighted by molar-refractivity contribution is 0.386. The summed E-state index contributed by atoms with van der Waals surface area (Å²) in [5, 5.41) is 10.1. The molecular weight excluding hydrogens is 312 g/mol. The molecule has 3 rings (SSSR count). The Morgan fingerprint density at radius 3 is 2.21 bits per heavy atom. The Morgan fingerprint density at radius 2 is 1.58 bits per heavy atom. The van der Waals surface area contributed by atoms with E-state index in [9.17, 15) is 14.0 Å². The van der Waals surface area contributed by atoms with E-state index >= 15 is 0 Å². The van der Waals surface area contributed by atoms with Crippen molar-refractivity contribution in [2.45, 2.75) is 0 Å². The number of nitrogens with zero attached hydrogens (tertiary/aromatic N) is 1. The summed E-state index contributed by atoms with van der Waals surface area (Å²) in [5.41, 5.74) is 1.35. The van der Waals surface area contributed by atoms with Crippen molar-refractivity contribution >= 4 is 10.8 Å². The molecule has 5 heteroatoms. The Morgan fingerprint density at radius 1 is 0.875 bits per heavy atom. The fourth-order valence-electron chi connectivity index (χ4n) is 2.66. The topological polar surface area (TPSA) is 42.2 Å². The van der Waals surface area contributed by atoms with Gasteiger partial charge in [-0.3, -0.25) is 0 Å². The van der Waals surface area contributed by atoms with Gasteiger partial charge in [0.15, 0.2) is 23.1 Å². The van der Waals surface area contributed by atoms with Crippen molar-refractivity contribution in [3.63, 3.8) is 0 Å². The first-order valence-electron chi connectivity index (χ1n) is 7.13. The second-order valence-corrected chi connectivity index (χ2v) is 5.16. The lowest BCUT2D eigenvalue weighted by atomic mass is 9.96. The molecule has 0 aliphatic carbocycles.